The lowest BCUT2D eigenvalue weighted by molar-refractivity contribution is -0.138. The van der Waals surface area contributed by atoms with Crippen molar-refractivity contribution in [2.24, 2.45) is 5.73 Å². The van der Waals surface area contributed by atoms with E-state index in [0.717, 1.165) is 27.9 Å². The van der Waals surface area contributed by atoms with Gasteiger partial charge in [0, 0.05) is 23.7 Å². The number of nitrogens with two attached hydrogens (primary N) is 1. The third-order valence-electron chi connectivity index (χ3n) is 3.90. The summed E-state index contributed by atoms with van der Waals surface area (Å²) < 4.78 is 7.23. The van der Waals surface area contributed by atoms with Crippen molar-refractivity contribution in [1.29, 1.82) is 0 Å². The zero-order valence-electron chi connectivity index (χ0n) is 12.8. The van der Waals surface area contributed by atoms with E-state index in [0.29, 0.717) is 6.42 Å². The van der Waals surface area contributed by atoms with E-state index in [9.17, 15) is 4.79 Å². The van der Waals surface area contributed by atoms with Gasteiger partial charge in [0.05, 0.1) is 12.6 Å². The summed E-state index contributed by atoms with van der Waals surface area (Å²) >= 11 is 0. The lowest BCUT2D eigenvalue weighted by Gasteiger charge is -2.06. The predicted molar refractivity (Wildman–Crippen MR) is 89.1 cm³/mol. The molecule has 0 aliphatic heterocycles. The number of ether oxygens (including phenoxy) is 1. The summed E-state index contributed by atoms with van der Waals surface area (Å²) in [4.78, 5) is 11.0. The van der Waals surface area contributed by atoms with Crippen LogP contribution in [0, 0.1) is 0 Å². The van der Waals surface area contributed by atoms with Crippen molar-refractivity contribution in [3.05, 3.63) is 60.3 Å². The maximum Gasteiger partial charge on any atom is 0.320 e. The first-order valence-electron chi connectivity index (χ1n) is 7.32. The Bertz CT molecular complexity index is 837. The van der Waals surface area contributed by atoms with Crippen LogP contribution < -0.4 is 10.5 Å². The lowest BCUT2D eigenvalue weighted by Crippen LogP contribution is -2.32. The first kappa shape index (κ1) is 15.1. The fraction of sp³-hybridized carbons (Fsp3) is 0.167. The molecule has 118 valence electrons. The van der Waals surface area contributed by atoms with Gasteiger partial charge in [0.25, 0.3) is 0 Å². The zero-order chi connectivity index (χ0) is 16.4. The molecule has 3 aromatic rings. The number of methoxy groups -OCH3 is 1. The number of fused-ring (bicyclic) bond motifs is 1. The minimum absolute atomic E-state index is 0.291. The highest BCUT2D eigenvalue weighted by atomic mass is 16.5. The van der Waals surface area contributed by atoms with Crippen LogP contribution in [0.25, 0.3) is 16.6 Å². The van der Waals surface area contributed by atoms with Crippen LogP contribution >= 0.6 is 0 Å². The van der Waals surface area contributed by atoms with Crippen LogP contribution in [-0.2, 0) is 11.2 Å². The molecule has 0 saturated carbocycles. The first-order chi connectivity index (χ1) is 11.1. The van der Waals surface area contributed by atoms with Gasteiger partial charge in [-0.2, -0.15) is 0 Å². The average Bonchev–Trinajstić information content (AvgIpc) is 2.94. The standard InChI is InChI=1S/C18H18N2O3/c1-23-14-8-6-13(7-9-14)20-11-12(10-16(19)18(21)22)15-4-2-3-5-17(15)20/h2-9,11,16H,10,19H2,1H3,(H,21,22)/t16-/m0/s1. The minimum Gasteiger partial charge on any atom is -0.497 e. The Morgan fingerprint density at radius 3 is 2.57 bits per heavy atom. The molecule has 3 N–H and O–H groups in total. The van der Waals surface area contributed by atoms with E-state index in [4.69, 9.17) is 15.6 Å². The van der Waals surface area contributed by atoms with Crippen molar-refractivity contribution in [1.82, 2.24) is 4.57 Å². The lowest BCUT2D eigenvalue weighted by atomic mass is 10.1. The minimum atomic E-state index is -0.994. The van der Waals surface area contributed by atoms with Gasteiger partial charge >= 0.3 is 5.97 Å². The molecule has 0 radical (unpaired) electrons. The molecule has 0 amide bonds. The summed E-state index contributed by atoms with van der Waals surface area (Å²) in [6.07, 6.45) is 2.24. The average molecular weight is 310 g/mol. The van der Waals surface area contributed by atoms with Gasteiger partial charge in [0.1, 0.15) is 11.8 Å². The van der Waals surface area contributed by atoms with Gasteiger partial charge in [-0.25, -0.2) is 0 Å². The third-order valence-corrected chi connectivity index (χ3v) is 3.90. The van der Waals surface area contributed by atoms with E-state index < -0.39 is 12.0 Å². The first-order valence-corrected chi connectivity index (χ1v) is 7.32. The van der Waals surface area contributed by atoms with E-state index in [1.54, 1.807) is 7.11 Å². The molecule has 5 heteroatoms. The maximum atomic E-state index is 11.0. The number of benzene rings is 2. The van der Waals surface area contributed by atoms with Crippen LogP contribution in [0.3, 0.4) is 0 Å². The molecule has 1 heterocycles. The Morgan fingerprint density at radius 2 is 1.91 bits per heavy atom. The molecule has 0 fully saturated rings. The van der Waals surface area contributed by atoms with E-state index in [-0.39, 0.29) is 0 Å². The smallest absolute Gasteiger partial charge is 0.320 e. The van der Waals surface area contributed by atoms with Crippen molar-refractivity contribution >= 4 is 16.9 Å². The summed E-state index contributed by atoms with van der Waals surface area (Å²) in [5, 5.41) is 10.1. The molecule has 0 unspecified atom stereocenters. The summed E-state index contributed by atoms with van der Waals surface area (Å²) in [7, 11) is 1.63. The molecule has 0 saturated heterocycles. The summed E-state index contributed by atoms with van der Waals surface area (Å²) in [5.41, 5.74) is 8.62. The van der Waals surface area contributed by atoms with Crippen molar-refractivity contribution < 1.29 is 14.6 Å². The zero-order valence-corrected chi connectivity index (χ0v) is 12.8. The highest BCUT2D eigenvalue weighted by Gasteiger charge is 2.16. The number of aliphatic carboxylic acids is 1. The van der Waals surface area contributed by atoms with E-state index in [1.165, 1.54) is 0 Å². The number of carboxylic acids is 1. The maximum absolute atomic E-state index is 11.0. The number of carbonyl (C=O) groups is 1. The van der Waals surface area contributed by atoms with Gasteiger partial charge < -0.3 is 20.1 Å². The molecule has 5 nitrogen and oxygen atoms in total. The SMILES string of the molecule is COc1ccc(-n2cc(C[C@H](N)C(=O)O)c3ccccc32)cc1. The molecule has 23 heavy (non-hydrogen) atoms. The van der Waals surface area contributed by atoms with Crippen LogP contribution in [0.2, 0.25) is 0 Å². The quantitative estimate of drug-likeness (QED) is 0.759. The Labute approximate surface area is 133 Å². The normalized spacial score (nSPS) is 12.3. The monoisotopic (exact) mass is 310 g/mol. The summed E-state index contributed by atoms with van der Waals surface area (Å²) in [6, 6.07) is 14.7. The Balaban J connectivity index is 2.08. The Morgan fingerprint density at radius 1 is 1.22 bits per heavy atom. The molecule has 1 aromatic heterocycles. The van der Waals surface area contributed by atoms with Crippen LogP contribution in [0.1, 0.15) is 5.56 Å². The topological polar surface area (TPSA) is 77.5 Å². The van der Waals surface area contributed by atoms with Crippen LogP contribution in [0.4, 0.5) is 0 Å². The molecule has 1 atom stereocenters. The number of hydrogen-bond acceptors (Lipinski definition) is 3. The van der Waals surface area contributed by atoms with E-state index in [2.05, 4.69) is 0 Å². The number of rotatable bonds is 5. The van der Waals surface area contributed by atoms with Gasteiger partial charge in [-0.05, 0) is 35.9 Å². The predicted octanol–water partition coefficient (Wildman–Crippen LogP) is 2.59. The highest BCUT2D eigenvalue weighted by molar-refractivity contribution is 5.86. The second kappa shape index (κ2) is 6.14. The Hall–Kier alpha value is -2.79. The number of nitrogens with zero attached hydrogens (tertiary/aromatic N) is 1. The van der Waals surface area contributed by atoms with Crippen molar-refractivity contribution in [3.8, 4) is 11.4 Å². The van der Waals surface area contributed by atoms with E-state index >= 15 is 0 Å². The van der Waals surface area contributed by atoms with Crippen LogP contribution in [-0.4, -0.2) is 28.8 Å². The molecule has 0 spiro atoms. The second-order valence-corrected chi connectivity index (χ2v) is 5.39. The van der Waals surface area contributed by atoms with E-state index in [1.807, 2.05) is 59.3 Å². The van der Waals surface area contributed by atoms with Crippen LogP contribution in [0.15, 0.2) is 54.7 Å². The molecule has 0 bridgehead atoms. The number of carboxylic acid groups (broad SMARTS) is 1. The van der Waals surface area contributed by atoms with Gasteiger partial charge in [-0.15, -0.1) is 0 Å². The Kier molecular flexibility index (Phi) is 4.04. The molecular weight excluding hydrogens is 292 g/mol. The van der Waals surface area contributed by atoms with Crippen molar-refractivity contribution in [2.75, 3.05) is 7.11 Å². The largest absolute Gasteiger partial charge is 0.497 e. The molecule has 0 aliphatic carbocycles. The fourth-order valence-corrected chi connectivity index (χ4v) is 2.69. The molecular formula is C18H18N2O3. The van der Waals surface area contributed by atoms with Gasteiger partial charge in [0.2, 0.25) is 0 Å². The highest BCUT2D eigenvalue weighted by Crippen LogP contribution is 2.26. The number of aromatic nitrogens is 1. The summed E-state index contributed by atoms with van der Waals surface area (Å²) in [6.45, 7) is 0. The van der Waals surface area contributed by atoms with Crippen molar-refractivity contribution in [2.45, 2.75) is 12.5 Å². The van der Waals surface area contributed by atoms with Gasteiger partial charge in [-0.1, -0.05) is 18.2 Å². The second-order valence-electron chi connectivity index (χ2n) is 5.39. The van der Waals surface area contributed by atoms with Crippen LogP contribution in [0.5, 0.6) is 5.75 Å². The number of para-hydroxylation sites is 1. The third kappa shape index (κ3) is 2.91. The summed E-state index contributed by atoms with van der Waals surface area (Å²) in [5.74, 6) is -0.204. The van der Waals surface area contributed by atoms with Crippen molar-refractivity contribution in [3.63, 3.8) is 0 Å². The fourth-order valence-electron chi connectivity index (χ4n) is 2.69. The number of hydrogen-bond donors (Lipinski definition) is 2. The molecule has 3 rings (SSSR count). The van der Waals surface area contributed by atoms with Gasteiger partial charge in [-0.3, -0.25) is 4.79 Å². The molecule has 0 aliphatic rings. The van der Waals surface area contributed by atoms with Gasteiger partial charge in [0.15, 0.2) is 0 Å². The molecule has 2 aromatic carbocycles.